The topological polar surface area (TPSA) is 55.8 Å². The van der Waals surface area contributed by atoms with Crippen LogP contribution in [0.2, 0.25) is 0 Å². The lowest BCUT2D eigenvalue weighted by molar-refractivity contribution is -0.144. The molecule has 1 unspecified atom stereocenters. The van der Waals surface area contributed by atoms with Gasteiger partial charge in [0.1, 0.15) is 12.4 Å². The second-order valence-corrected chi connectivity index (χ2v) is 6.04. The largest absolute Gasteiger partial charge is 0.488 e. The highest BCUT2D eigenvalue weighted by molar-refractivity contribution is 5.89. The van der Waals surface area contributed by atoms with Crippen LogP contribution in [-0.4, -0.2) is 32.5 Å². The van der Waals surface area contributed by atoms with Crippen molar-refractivity contribution in [3.05, 3.63) is 59.7 Å². The zero-order valence-corrected chi connectivity index (χ0v) is 14.2. The molecule has 3 rings (SSSR count). The minimum atomic E-state index is -0.202. The molecule has 1 aliphatic rings. The monoisotopic (exact) mass is 339 g/mol. The third kappa shape index (κ3) is 3.82. The molecule has 0 saturated carbocycles. The Morgan fingerprint density at radius 1 is 1.20 bits per heavy atom. The minimum Gasteiger partial charge on any atom is -0.488 e. The van der Waals surface area contributed by atoms with Crippen molar-refractivity contribution in [3.63, 3.8) is 0 Å². The predicted molar refractivity (Wildman–Crippen MR) is 94.9 cm³/mol. The Morgan fingerprint density at radius 2 is 2.00 bits per heavy atom. The lowest BCUT2D eigenvalue weighted by Crippen LogP contribution is -2.24. The number of nitrogens with zero attached hydrogens (tertiary/aromatic N) is 1. The molecule has 0 amide bonds. The van der Waals surface area contributed by atoms with Crippen LogP contribution in [0.4, 0.5) is 5.69 Å². The van der Waals surface area contributed by atoms with Crippen LogP contribution in [0.15, 0.2) is 48.5 Å². The normalized spacial score (nSPS) is 16.5. The molecular weight excluding hydrogens is 318 g/mol. The second kappa shape index (κ2) is 7.83. The molecule has 0 aliphatic carbocycles. The van der Waals surface area contributed by atoms with Gasteiger partial charge in [0.15, 0.2) is 6.29 Å². The number of carbonyl (C=O) groups excluding carboxylic acids is 2. The van der Waals surface area contributed by atoms with Crippen molar-refractivity contribution in [1.29, 1.82) is 0 Å². The van der Waals surface area contributed by atoms with E-state index in [0.717, 1.165) is 24.0 Å². The zero-order chi connectivity index (χ0) is 17.6. The smallest absolute Gasteiger partial charge is 0.310 e. The Balaban J connectivity index is 1.77. The third-order valence-corrected chi connectivity index (χ3v) is 4.46. The summed E-state index contributed by atoms with van der Waals surface area (Å²) in [5.41, 5.74) is 2.35. The SMILES string of the molecule is COC(=O)C1CCN(c2cccc(OCc3ccccc3)c2C=O)C1. The molecular formula is C20H21NO4. The first kappa shape index (κ1) is 17.0. The Kier molecular flexibility index (Phi) is 5.33. The van der Waals surface area contributed by atoms with Crippen molar-refractivity contribution in [2.24, 2.45) is 5.92 Å². The molecule has 130 valence electrons. The number of anilines is 1. The first-order valence-corrected chi connectivity index (χ1v) is 8.30. The van der Waals surface area contributed by atoms with Crippen molar-refractivity contribution >= 4 is 17.9 Å². The number of benzene rings is 2. The van der Waals surface area contributed by atoms with Gasteiger partial charge in [0.05, 0.1) is 24.3 Å². The molecule has 0 spiro atoms. The van der Waals surface area contributed by atoms with Crippen LogP contribution in [0, 0.1) is 5.92 Å². The quantitative estimate of drug-likeness (QED) is 0.598. The zero-order valence-electron chi connectivity index (χ0n) is 14.2. The van der Waals surface area contributed by atoms with Gasteiger partial charge < -0.3 is 14.4 Å². The molecule has 1 heterocycles. The van der Waals surface area contributed by atoms with E-state index in [1.165, 1.54) is 7.11 Å². The number of hydrogen-bond donors (Lipinski definition) is 0. The van der Waals surface area contributed by atoms with Crippen LogP contribution in [0.5, 0.6) is 5.75 Å². The molecule has 5 nitrogen and oxygen atoms in total. The van der Waals surface area contributed by atoms with E-state index in [0.29, 0.717) is 31.0 Å². The molecule has 1 fully saturated rings. The molecule has 0 radical (unpaired) electrons. The van der Waals surface area contributed by atoms with E-state index in [2.05, 4.69) is 0 Å². The number of ether oxygens (including phenoxy) is 2. The molecule has 0 bridgehead atoms. The molecule has 2 aromatic carbocycles. The maximum atomic E-state index is 11.7. The van der Waals surface area contributed by atoms with Gasteiger partial charge in [-0.05, 0) is 24.1 Å². The molecule has 1 saturated heterocycles. The summed E-state index contributed by atoms with van der Waals surface area (Å²) < 4.78 is 10.7. The Hall–Kier alpha value is -2.82. The number of carbonyl (C=O) groups is 2. The lowest BCUT2D eigenvalue weighted by atomic mass is 10.1. The van der Waals surface area contributed by atoms with Crippen molar-refractivity contribution in [2.45, 2.75) is 13.0 Å². The van der Waals surface area contributed by atoms with Crippen LogP contribution in [0.3, 0.4) is 0 Å². The first-order chi connectivity index (χ1) is 12.2. The van der Waals surface area contributed by atoms with Crippen LogP contribution >= 0.6 is 0 Å². The number of hydrogen-bond acceptors (Lipinski definition) is 5. The van der Waals surface area contributed by atoms with Crippen molar-refractivity contribution in [3.8, 4) is 5.75 Å². The van der Waals surface area contributed by atoms with Gasteiger partial charge in [-0.2, -0.15) is 0 Å². The third-order valence-electron chi connectivity index (χ3n) is 4.46. The van der Waals surface area contributed by atoms with Gasteiger partial charge in [-0.1, -0.05) is 36.4 Å². The summed E-state index contributed by atoms with van der Waals surface area (Å²) in [5.74, 6) is 0.197. The molecule has 0 aromatic heterocycles. The summed E-state index contributed by atoms with van der Waals surface area (Å²) in [6.45, 7) is 1.66. The van der Waals surface area contributed by atoms with E-state index in [-0.39, 0.29) is 11.9 Å². The van der Waals surface area contributed by atoms with E-state index in [4.69, 9.17) is 9.47 Å². The average molecular weight is 339 g/mol. The number of aldehydes is 1. The van der Waals surface area contributed by atoms with Gasteiger partial charge in [-0.3, -0.25) is 9.59 Å². The summed E-state index contributed by atoms with van der Waals surface area (Å²) in [6, 6.07) is 15.4. The van der Waals surface area contributed by atoms with Gasteiger partial charge in [0, 0.05) is 13.1 Å². The number of rotatable bonds is 6. The molecule has 2 aromatic rings. The molecule has 1 aliphatic heterocycles. The van der Waals surface area contributed by atoms with E-state index < -0.39 is 0 Å². The number of methoxy groups -OCH3 is 1. The standard InChI is InChI=1S/C20H21NO4/c1-24-20(23)16-10-11-21(12-16)18-8-5-9-19(17(18)13-22)25-14-15-6-3-2-4-7-15/h2-9,13,16H,10-12,14H2,1H3. The summed E-state index contributed by atoms with van der Waals surface area (Å²) in [6.07, 6.45) is 1.54. The predicted octanol–water partition coefficient (Wildman–Crippen LogP) is 3.08. The van der Waals surface area contributed by atoms with Crippen molar-refractivity contribution in [2.75, 3.05) is 25.1 Å². The van der Waals surface area contributed by atoms with Gasteiger partial charge >= 0.3 is 5.97 Å². The van der Waals surface area contributed by atoms with E-state index in [1.807, 2.05) is 47.4 Å². The average Bonchev–Trinajstić information content (AvgIpc) is 3.16. The Morgan fingerprint density at radius 3 is 2.72 bits per heavy atom. The maximum absolute atomic E-state index is 11.7. The minimum absolute atomic E-state index is 0.154. The van der Waals surface area contributed by atoms with E-state index in [9.17, 15) is 9.59 Å². The molecule has 0 N–H and O–H groups in total. The second-order valence-electron chi connectivity index (χ2n) is 6.04. The van der Waals surface area contributed by atoms with Crippen molar-refractivity contribution in [1.82, 2.24) is 0 Å². The highest BCUT2D eigenvalue weighted by Gasteiger charge is 2.30. The highest BCUT2D eigenvalue weighted by Crippen LogP contribution is 2.32. The summed E-state index contributed by atoms with van der Waals surface area (Å²) in [4.78, 5) is 25.5. The molecule has 5 heteroatoms. The van der Waals surface area contributed by atoms with Gasteiger partial charge in [0.25, 0.3) is 0 Å². The van der Waals surface area contributed by atoms with Gasteiger partial charge in [-0.15, -0.1) is 0 Å². The Bertz CT molecular complexity index is 745. The molecule has 25 heavy (non-hydrogen) atoms. The van der Waals surface area contributed by atoms with Crippen molar-refractivity contribution < 1.29 is 19.1 Å². The van der Waals surface area contributed by atoms with Gasteiger partial charge in [0.2, 0.25) is 0 Å². The van der Waals surface area contributed by atoms with E-state index >= 15 is 0 Å². The van der Waals surface area contributed by atoms with Gasteiger partial charge in [-0.25, -0.2) is 0 Å². The molecule has 1 atom stereocenters. The van der Waals surface area contributed by atoms with Crippen LogP contribution < -0.4 is 9.64 Å². The van der Waals surface area contributed by atoms with Crippen LogP contribution in [0.25, 0.3) is 0 Å². The van der Waals surface area contributed by atoms with Crippen LogP contribution in [-0.2, 0) is 16.1 Å². The fraction of sp³-hybridized carbons (Fsp3) is 0.300. The maximum Gasteiger partial charge on any atom is 0.310 e. The highest BCUT2D eigenvalue weighted by atomic mass is 16.5. The summed E-state index contributed by atoms with van der Waals surface area (Å²) >= 11 is 0. The van der Waals surface area contributed by atoms with Crippen LogP contribution in [0.1, 0.15) is 22.3 Å². The fourth-order valence-corrected chi connectivity index (χ4v) is 3.13. The first-order valence-electron chi connectivity index (χ1n) is 8.30. The van der Waals surface area contributed by atoms with E-state index in [1.54, 1.807) is 6.07 Å². The lowest BCUT2D eigenvalue weighted by Gasteiger charge is -2.21. The fourth-order valence-electron chi connectivity index (χ4n) is 3.13. The Labute approximate surface area is 147 Å². The number of esters is 1. The summed E-state index contributed by atoms with van der Waals surface area (Å²) in [7, 11) is 1.40. The summed E-state index contributed by atoms with van der Waals surface area (Å²) in [5, 5.41) is 0.